The van der Waals surface area contributed by atoms with Gasteiger partial charge in [0, 0.05) is 5.92 Å². The maximum atomic E-state index is 12.4. The Balaban J connectivity index is 1.77. The van der Waals surface area contributed by atoms with Crippen LogP contribution in [0.4, 0.5) is 5.69 Å². The smallest absolute Gasteiger partial charge is 0.337 e. The van der Waals surface area contributed by atoms with Gasteiger partial charge < -0.3 is 10.4 Å². The van der Waals surface area contributed by atoms with Crippen molar-refractivity contribution < 1.29 is 14.7 Å². The Morgan fingerprint density at radius 1 is 1.15 bits per heavy atom. The lowest BCUT2D eigenvalue weighted by Crippen LogP contribution is -2.36. The number of para-hydroxylation sites is 1. The summed E-state index contributed by atoms with van der Waals surface area (Å²) in [6.45, 7) is 0. The molecule has 1 amide bonds. The number of carboxylic acids is 1. The van der Waals surface area contributed by atoms with Crippen LogP contribution in [0.1, 0.15) is 29.6 Å². The number of anilines is 1. The van der Waals surface area contributed by atoms with Crippen LogP contribution in [0, 0.1) is 17.8 Å². The first kappa shape index (κ1) is 12.9. The zero-order chi connectivity index (χ0) is 14.1. The van der Waals surface area contributed by atoms with E-state index < -0.39 is 5.97 Å². The Labute approximate surface area is 117 Å². The first-order chi connectivity index (χ1) is 9.65. The van der Waals surface area contributed by atoms with Crippen LogP contribution in [0.5, 0.6) is 0 Å². The fourth-order valence-electron chi connectivity index (χ4n) is 3.24. The molecular weight excluding hydrogens is 254 g/mol. The number of rotatable bonds is 3. The standard InChI is InChI=1S/C16H17NO3/c18-15(13-9-10-5-7-11(13)8-6-10)17-14-4-2-1-3-12(14)16(19)20/h1-5,7,10-11,13H,6,8-9H2,(H,17,18)(H,19,20). The van der Waals surface area contributed by atoms with Crippen molar-refractivity contribution in [1.82, 2.24) is 0 Å². The predicted octanol–water partition coefficient (Wildman–Crippen LogP) is 2.93. The molecule has 4 nitrogen and oxygen atoms in total. The number of carbonyl (C=O) groups is 2. The number of benzene rings is 1. The number of hydrogen-bond donors (Lipinski definition) is 2. The van der Waals surface area contributed by atoms with E-state index in [-0.39, 0.29) is 17.4 Å². The van der Waals surface area contributed by atoms with Gasteiger partial charge in [-0.05, 0) is 43.2 Å². The van der Waals surface area contributed by atoms with Crippen molar-refractivity contribution in [2.75, 3.05) is 5.32 Å². The van der Waals surface area contributed by atoms with Gasteiger partial charge in [-0.3, -0.25) is 4.79 Å². The van der Waals surface area contributed by atoms with Crippen LogP contribution in [0.2, 0.25) is 0 Å². The van der Waals surface area contributed by atoms with Gasteiger partial charge in [-0.2, -0.15) is 0 Å². The minimum atomic E-state index is -1.02. The molecule has 20 heavy (non-hydrogen) atoms. The zero-order valence-electron chi connectivity index (χ0n) is 11.1. The molecule has 2 bridgehead atoms. The summed E-state index contributed by atoms with van der Waals surface area (Å²) < 4.78 is 0. The van der Waals surface area contributed by atoms with Gasteiger partial charge >= 0.3 is 5.97 Å². The van der Waals surface area contributed by atoms with E-state index >= 15 is 0 Å². The average Bonchev–Trinajstić information content (AvgIpc) is 2.48. The van der Waals surface area contributed by atoms with Crippen LogP contribution in [0.3, 0.4) is 0 Å². The minimum Gasteiger partial charge on any atom is -0.478 e. The summed E-state index contributed by atoms with van der Waals surface area (Å²) in [5.74, 6) is -0.299. The molecule has 0 aliphatic heterocycles. The third-order valence-corrected chi connectivity index (χ3v) is 4.33. The maximum absolute atomic E-state index is 12.4. The molecule has 1 aromatic rings. The third kappa shape index (κ3) is 2.33. The van der Waals surface area contributed by atoms with Crippen molar-refractivity contribution in [2.24, 2.45) is 17.8 Å². The fraction of sp³-hybridized carbons (Fsp3) is 0.375. The Morgan fingerprint density at radius 3 is 2.55 bits per heavy atom. The summed E-state index contributed by atoms with van der Waals surface area (Å²) in [5.41, 5.74) is 0.521. The monoisotopic (exact) mass is 271 g/mol. The zero-order valence-corrected chi connectivity index (χ0v) is 11.1. The second-order valence-corrected chi connectivity index (χ2v) is 5.57. The fourth-order valence-corrected chi connectivity index (χ4v) is 3.24. The van der Waals surface area contributed by atoms with E-state index in [0.29, 0.717) is 17.5 Å². The number of fused-ring (bicyclic) bond motifs is 2. The van der Waals surface area contributed by atoms with Gasteiger partial charge in [-0.15, -0.1) is 0 Å². The molecule has 3 atom stereocenters. The van der Waals surface area contributed by atoms with Crippen molar-refractivity contribution in [3.05, 3.63) is 42.0 Å². The summed E-state index contributed by atoms with van der Waals surface area (Å²) in [7, 11) is 0. The average molecular weight is 271 g/mol. The molecule has 1 fully saturated rings. The van der Waals surface area contributed by atoms with E-state index in [1.54, 1.807) is 18.2 Å². The molecule has 3 aliphatic carbocycles. The van der Waals surface area contributed by atoms with Crippen LogP contribution in [0.25, 0.3) is 0 Å². The van der Waals surface area contributed by atoms with Crippen LogP contribution in [-0.2, 0) is 4.79 Å². The largest absolute Gasteiger partial charge is 0.478 e. The Kier molecular flexibility index (Phi) is 3.30. The molecule has 0 spiro atoms. The van der Waals surface area contributed by atoms with Gasteiger partial charge in [-0.25, -0.2) is 4.79 Å². The highest BCUT2D eigenvalue weighted by Crippen LogP contribution is 2.40. The van der Waals surface area contributed by atoms with Gasteiger partial charge in [0.2, 0.25) is 5.91 Å². The molecule has 2 N–H and O–H groups in total. The Bertz CT molecular complexity index is 579. The molecule has 0 aromatic heterocycles. The van der Waals surface area contributed by atoms with Crippen LogP contribution in [0.15, 0.2) is 36.4 Å². The van der Waals surface area contributed by atoms with Crippen molar-refractivity contribution in [2.45, 2.75) is 19.3 Å². The van der Waals surface area contributed by atoms with E-state index in [2.05, 4.69) is 17.5 Å². The van der Waals surface area contributed by atoms with Crippen molar-refractivity contribution in [1.29, 1.82) is 0 Å². The third-order valence-electron chi connectivity index (χ3n) is 4.33. The van der Waals surface area contributed by atoms with E-state index in [9.17, 15) is 9.59 Å². The highest BCUT2D eigenvalue weighted by Gasteiger charge is 2.36. The number of nitrogens with one attached hydrogen (secondary N) is 1. The molecule has 1 saturated carbocycles. The Morgan fingerprint density at radius 2 is 1.95 bits per heavy atom. The molecule has 4 rings (SSSR count). The van der Waals surface area contributed by atoms with Crippen molar-refractivity contribution in [3.63, 3.8) is 0 Å². The SMILES string of the molecule is O=C(O)c1ccccc1NC(=O)C1CC2C=CC1CC2. The number of allylic oxidation sites excluding steroid dienone is 2. The van der Waals surface area contributed by atoms with E-state index in [4.69, 9.17) is 5.11 Å². The second kappa shape index (κ2) is 5.12. The van der Waals surface area contributed by atoms with Crippen LogP contribution in [-0.4, -0.2) is 17.0 Å². The first-order valence-electron chi connectivity index (χ1n) is 6.96. The number of carboxylic acid groups (broad SMARTS) is 1. The number of aromatic carboxylic acids is 1. The van der Waals surface area contributed by atoms with Crippen molar-refractivity contribution >= 4 is 17.6 Å². The summed E-state index contributed by atoms with van der Waals surface area (Å²) in [5, 5.41) is 11.9. The minimum absolute atomic E-state index is 0.0272. The molecule has 3 unspecified atom stereocenters. The maximum Gasteiger partial charge on any atom is 0.337 e. The number of hydrogen-bond acceptors (Lipinski definition) is 2. The number of carbonyl (C=O) groups excluding carboxylic acids is 1. The normalized spacial score (nSPS) is 27.3. The molecule has 3 aliphatic rings. The highest BCUT2D eigenvalue weighted by molar-refractivity contribution is 6.01. The molecule has 0 radical (unpaired) electrons. The number of amides is 1. The Hall–Kier alpha value is -2.10. The first-order valence-corrected chi connectivity index (χ1v) is 6.96. The lowest BCUT2D eigenvalue weighted by Gasteiger charge is -2.37. The molecular formula is C16H17NO3. The summed E-state index contributed by atoms with van der Waals surface area (Å²) in [6.07, 6.45) is 7.45. The van der Waals surface area contributed by atoms with Gasteiger partial charge in [0.15, 0.2) is 0 Å². The highest BCUT2D eigenvalue weighted by atomic mass is 16.4. The predicted molar refractivity (Wildman–Crippen MR) is 75.5 cm³/mol. The van der Waals surface area contributed by atoms with Gasteiger partial charge in [0.1, 0.15) is 0 Å². The topological polar surface area (TPSA) is 66.4 Å². The van der Waals surface area contributed by atoms with Crippen LogP contribution < -0.4 is 5.32 Å². The molecule has 4 heteroatoms. The lowest BCUT2D eigenvalue weighted by molar-refractivity contribution is -0.122. The van der Waals surface area contributed by atoms with Gasteiger partial charge in [0.25, 0.3) is 0 Å². The second-order valence-electron chi connectivity index (χ2n) is 5.57. The lowest BCUT2D eigenvalue weighted by atomic mass is 9.69. The van der Waals surface area contributed by atoms with E-state index in [1.165, 1.54) is 6.07 Å². The van der Waals surface area contributed by atoms with Gasteiger partial charge in [0.05, 0.1) is 11.3 Å². The van der Waals surface area contributed by atoms with Crippen molar-refractivity contribution in [3.8, 4) is 0 Å². The van der Waals surface area contributed by atoms with E-state index in [0.717, 1.165) is 19.3 Å². The summed E-state index contributed by atoms with van der Waals surface area (Å²) in [4.78, 5) is 23.5. The van der Waals surface area contributed by atoms with Crippen LogP contribution >= 0.6 is 0 Å². The molecule has 1 aromatic carbocycles. The van der Waals surface area contributed by atoms with Gasteiger partial charge in [-0.1, -0.05) is 24.3 Å². The molecule has 0 saturated heterocycles. The summed E-state index contributed by atoms with van der Waals surface area (Å²) in [6, 6.07) is 6.53. The quantitative estimate of drug-likeness (QED) is 0.831. The molecule has 0 heterocycles. The van der Waals surface area contributed by atoms with E-state index in [1.807, 2.05) is 0 Å². The molecule has 104 valence electrons. The summed E-state index contributed by atoms with van der Waals surface area (Å²) >= 11 is 0.